The first-order chi connectivity index (χ1) is 28.9. The summed E-state index contributed by atoms with van der Waals surface area (Å²) in [6.07, 6.45) is 13.7. The number of benzene rings is 4. The number of unbranched alkanes of at least 4 members (excludes halogenated alkanes) is 2. The zero-order valence-corrected chi connectivity index (χ0v) is 40.9. The van der Waals surface area contributed by atoms with Gasteiger partial charge in [0.25, 0.3) is 11.1 Å². The summed E-state index contributed by atoms with van der Waals surface area (Å²) >= 11 is -0.106. The van der Waals surface area contributed by atoms with Gasteiger partial charge in [-0.1, -0.05) is 148 Å². The third-order valence-corrected chi connectivity index (χ3v) is 13.3. The maximum absolute atomic E-state index is 10.7. The molecule has 0 aliphatic rings. The van der Waals surface area contributed by atoms with E-state index in [0.29, 0.717) is 0 Å². The summed E-state index contributed by atoms with van der Waals surface area (Å²) in [4.78, 5) is 0. The number of hydrogen-bond acceptors (Lipinski definition) is 0. The van der Waals surface area contributed by atoms with E-state index in [1.54, 1.807) is 0 Å². The Bertz CT molecular complexity index is 1980. The molecule has 0 amide bonds. The van der Waals surface area contributed by atoms with Gasteiger partial charge in [0.2, 0.25) is 0 Å². The van der Waals surface area contributed by atoms with Crippen LogP contribution in [-0.4, -0.2) is 9.13 Å². The Kier molecular flexibility index (Phi) is 20.4. The van der Waals surface area contributed by atoms with E-state index in [0.717, 1.165) is 13.1 Å². The van der Waals surface area contributed by atoms with Gasteiger partial charge in [0.05, 0.1) is 43.0 Å². The van der Waals surface area contributed by atoms with E-state index in [9.17, 15) is 50.4 Å². The summed E-state index contributed by atoms with van der Waals surface area (Å²) < 4.78 is 128. The van der Waals surface area contributed by atoms with Gasteiger partial charge in [-0.3, -0.25) is 0 Å². The van der Waals surface area contributed by atoms with E-state index in [1.165, 1.54) is 58.0 Å². The minimum atomic E-state index is -10.7. The van der Waals surface area contributed by atoms with Crippen LogP contribution in [0.5, 0.6) is 0 Å². The number of imidazole rings is 2. The summed E-state index contributed by atoms with van der Waals surface area (Å²) in [5, 5.41) is 5.61. The number of hydrogen-bond donors (Lipinski definition) is 0. The van der Waals surface area contributed by atoms with Gasteiger partial charge in [0, 0.05) is 0 Å². The van der Waals surface area contributed by atoms with E-state index in [-0.39, 0.29) is 15.9 Å². The molecule has 23 heteroatoms. The second kappa shape index (κ2) is 22.7. The van der Waals surface area contributed by atoms with Gasteiger partial charge in [0.15, 0.2) is 0 Å². The number of aromatic nitrogens is 4. The molecule has 0 radical (unpaired) electrons. The summed E-state index contributed by atoms with van der Waals surface area (Å²) in [5.74, 6) is 0. The number of halogens is 14. The van der Waals surface area contributed by atoms with Crippen LogP contribution in [0.4, 0.5) is 50.4 Å². The predicted octanol–water partition coefficient (Wildman–Crippen LogP) is 13.9. The van der Waals surface area contributed by atoms with Crippen molar-refractivity contribution >= 4 is 82.9 Å². The molecule has 0 atom stereocenters. The van der Waals surface area contributed by atoms with Gasteiger partial charge in [-0.15, -0.1) is 0 Å². The molecule has 356 valence electrons. The molecular weight excluding hydrogens is 1070 g/mol. The Hall–Kier alpha value is -2.58. The number of rotatable bonds is 12. The topological polar surface area (TPSA) is 17.6 Å². The van der Waals surface area contributed by atoms with E-state index >= 15 is 0 Å². The zero-order valence-electron chi connectivity index (χ0n) is 34.3. The molecular formula is C40H48Cl2F12N4P4Pd. The first kappa shape index (κ1) is 56.6. The molecule has 0 bridgehead atoms. The molecule has 0 spiro atoms. The van der Waals surface area contributed by atoms with Gasteiger partial charge < -0.3 is 0 Å². The van der Waals surface area contributed by atoms with Crippen LogP contribution in [0.15, 0.2) is 146 Å². The molecule has 4 aromatic carbocycles. The average Bonchev–Trinajstić information content (AvgIpc) is 3.73. The van der Waals surface area contributed by atoms with Crippen LogP contribution in [0.25, 0.3) is 0 Å². The quantitative estimate of drug-likeness (QED) is 0.0503. The molecule has 2 heterocycles. The van der Waals surface area contributed by atoms with Crippen LogP contribution in [0.2, 0.25) is 0 Å². The molecule has 0 N–H and O–H groups in total. The van der Waals surface area contributed by atoms with Crippen LogP contribution >= 0.6 is 50.5 Å². The van der Waals surface area contributed by atoms with Gasteiger partial charge in [-0.25, -0.2) is 18.3 Å². The van der Waals surface area contributed by atoms with Gasteiger partial charge in [0.1, 0.15) is 24.8 Å². The average molecular weight is 1110 g/mol. The molecule has 0 fully saturated rings. The van der Waals surface area contributed by atoms with E-state index in [2.05, 4.69) is 192 Å². The van der Waals surface area contributed by atoms with E-state index in [4.69, 9.17) is 19.1 Å². The van der Waals surface area contributed by atoms with Gasteiger partial charge in [-0.05, 0) is 34.1 Å². The van der Waals surface area contributed by atoms with Crippen LogP contribution in [0, 0.1) is 0 Å². The minimum absolute atomic E-state index is 0.106. The molecule has 6 rings (SSSR count). The van der Waals surface area contributed by atoms with E-state index in [1.807, 2.05) is 0 Å². The second-order valence-electron chi connectivity index (χ2n) is 13.5. The van der Waals surface area contributed by atoms with Crippen molar-refractivity contribution in [2.24, 2.45) is 14.1 Å². The van der Waals surface area contributed by atoms with Crippen LogP contribution < -0.4 is 41.5 Å². The molecule has 2 aromatic heterocycles. The fraction of sp³-hybridized carbons (Fsp3) is 0.250. The standard InChI is InChI=1S/2C20H24N2P.2ClH.2F6P.Pd/c2*1-3-4-15-22-17-16-21(2)20(22)23(18-11-7-5-8-12-18)19-13-9-6-10-14-19;;;2*1-7(2,3,4,5)6;/h2*5-14,16-17H,3-4,15H2,1-2H3;2*1H;;;/q2*+1;;;2*-1;+2/p-2. The zero-order chi connectivity index (χ0) is 47.7. The summed E-state index contributed by atoms with van der Waals surface area (Å²) in [5.41, 5.74) is 2.82. The van der Waals surface area contributed by atoms with Crippen molar-refractivity contribution in [3.8, 4) is 0 Å². The Morgan fingerprint density at radius 1 is 0.460 bits per heavy atom. The Balaban J connectivity index is 0.000000319. The number of nitrogens with zero attached hydrogens (tertiary/aromatic N) is 4. The van der Waals surface area contributed by atoms with Crippen molar-refractivity contribution in [1.29, 1.82) is 0 Å². The third-order valence-electron chi connectivity index (χ3n) is 8.05. The van der Waals surface area contributed by atoms with Crippen molar-refractivity contribution in [1.82, 2.24) is 9.13 Å². The fourth-order valence-corrected chi connectivity index (χ4v) is 10.7. The van der Waals surface area contributed by atoms with Crippen LogP contribution in [0.1, 0.15) is 39.5 Å². The Morgan fingerprint density at radius 2 is 0.667 bits per heavy atom. The molecule has 0 saturated carbocycles. The summed E-state index contributed by atoms with van der Waals surface area (Å²) in [6.45, 7) is 6.68. The van der Waals surface area contributed by atoms with Crippen LogP contribution in [0.3, 0.4) is 0 Å². The van der Waals surface area contributed by atoms with Crippen molar-refractivity contribution in [3.05, 3.63) is 146 Å². The predicted molar refractivity (Wildman–Crippen MR) is 237 cm³/mol. The van der Waals surface area contributed by atoms with Gasteiger partial charge >= 0.3 is 101 Å². The van der Waals surface area contributed by atoms with Crippen molar-refractivity contribution in [3.63, 3.8) is 0 Å². The normalized spacial score (nSPS) is 13.6. The molecule has 0 aliphatic carbocycles. The maximum atomic E-state index is 9.87. The molecule has 6 aromatic rings. The molecule has 0 aliphatic heterocycles. The van der Waals surface area contributed by atoms with Crippen LogP contribution in [-0.2, 0) is 43.1 Å². The van der Waals surface area contributed by atoms with E-state index < -0.39 is 31.5 Å². The molecule has 0 saturated heterocycles. The van der Waals surface area contributed by atoms with Gasteiger partial charge in [-0.2, -0.15) is 0 Å². The summed E-state index contributed by atoms with van der Waals surface area (Å²) in [7, 11) is -8.44. The SMILES string of the molecule is CCCCn1cc[n+](C)c1P(c1ccccc1)c1ccccc1.CCCCn1cc[n+](C)c1P(c1ccccc1)c1ccccc1.F[P-](F)(F)(F)(F)F.F[P-](F)(F)(F)(F)F.[Cl][Pd][Cl]. The van der Waals surface area contributed by atoms with Crippen molar-refractivity contribution < 1.29 is 75.4 Å². The Labute approximate surface area is 378 Å². The summed E-state index contributed by atoms with van der Waals surface area (Å²) in [6, 6.07) is 43.6. The third kappa shape index (κ3) is 25.6. The first-order valence-electron chi connectivity index (χ1n) is 18.8. The molecule has 0 unspecified atom stereocenters. The fourth-order valence-electron chi connectivity index (χ4n) is 5.68. The first-order valence-corrected chi connectivity index (χ1v) is 29.5. The second-order valence-corrected chi connectivity index (χ2v) is 23.9. The van der Waals surface area contributed by atoms with Crippen molar-refractivity contribution in [2.75, 3.05) is 0 Å². The molecule has 63 heavy (non-hydrogen) atoms. The Morgan fingerprint density at radius 3 is 0.857 bits per heavy atom. The molecule has 4 nitrogen and oxygen atoms in total. The number of aryl methyl sites for hydroxylation is 4. The van der Waals surface area contributed by atoms with Crippen molar-refractivity contribution in [2.45, 2.75) is 52.6 Å². The monoisotopic (exact) mass is 1110 g/mol.